The Morgan fingerprint density at radius 2 is 2.00 bits per heavy atom. The third kappa shape index (κ3) is 4.11. The summed E-state index contributed by atoms with van der Waals surface area (Å²) in [6, 6.07) is 15.3. The van der Waals surface area contributed by atoms with Gasteiger partial charge in [0, 0.05) is 6.42 Å². The first kappa shape index (κ1) is 16.5. The third-order valence-electron chi connectivity index (χ3n) is 3.78. The minimum absolute atomic E-state index is 0.0839. The molecule has 1 atom stereocenters. The van der Waals surface area contributed by atoms with Crippen LogP contribution < -0.4 is 5.32 Å². The van der Waals surface area contributed by atoms with Crippen LogP contribution in [0.2, 0.25) is 0 Å². The largest absolute Gasteiger partial charge is 0.469 e. The van der Waals surface area contributed by atoms with Crippen molar-refractivity contribution in [3.63, 3.8) is 0 Å². The molecule has 0 aliphatic carbocycles. The van der Waals surface area contributed by atoms with Crippen LogP contribution in [-0.4, -0.2) is 10.9 Å². The highest BCUT2D eigenvalue weighted by atomic mass is 79.9. The molecule has 0 fully saturated rings. The van der Waals surface area contributed by atoms with Crippen LogP contribution in [0, 0.1) is 6.92 Å². The summed E-state index contributed by atoms with van der Waals surface area (Å²) in [4.78, 5) is 17.0. The van der Waals surface area contributed by atoms with E-state index in [1.54, 1.807) is 18.5 Å². The van der Waals surface area contributed by atoms with Gasteiger partial charge in [-0.25, -0.2) is 4.98 Å². The first-order valence-corrected chi connectivity index (χ1v) is 8.42. The van der Waals surface area contributed by atoms with Crippen molar-refractivity contribution in [1.82, 2.24) is 4.98 Å². The van der Waals surface area contributed by atoms with Gasteiger partial charge in [-0.3, -0.25) is 4.79 Å². The molecule has 3 rings (SSSR count). The van der Waals surface area contributed by atoms with Gasteiger partial charge in [0.05, 0.1) is 24.1 Å². The normalized spacial score (nSPS) is 11.9. The molecule has 1 N–H and O–H groups in total. The highest BCUT2D eigenvalue weighted by Gasteiger charge is 2.22. The molecule has 1 amide bonds. The van der Waals surface area contributed by atoms with Crippen molar-refractivity contribution in [3.8, 4) is 0 Å². The average Bonchev–Trinajstić information content (AvgIpc) is 3.09. The van der Waals surface area contributed by atoms with Gasteiger partial charge in [0.25, 0.3) is 0 Å². The molecular formula is C19H17BrN2O2. The minimum atomic E-state index is -0.333. The number of hydrogen-bond acceptors (Lipinski definition) is 3. The lowest BCUT2D eigenvalue weighted by Crippen LogP contribution is -2.23. The maximum absolute atomic E-state index is 12.8. The van der Waals surface area contributed by atoms with Gasteiger partial charge in [-0.05, 0) is 52.7 Å². The van der Waals surface area contributed by atoms with Crippen LogP contribution in [0.15, 0.2) is 70.0 Å². The van der Waals surface area contributed by atoms with E-state index < -0.39 is 0 Å². The maximum Gasteiger partial charge on any atom is 0.232 e. The van der Waals surface area contributed by atoms with Gasteiger partial charge in [-0.15, -0.1) is 0 Å². The molecule has 0 aliphatic rings. The summed E-state index contributed by atoms with van der Waals surface area (Å²) in [6.07, 6.45) is 3.75. The van der Waals surface area contributed by atoms with E-state index in [9.17, 15) is 4.79 Å². The number of aryl methyl sites for hydroxylation is 1. The Morgan fingerprint density at radius 3 is 2.62 bits per heavy atom. The minimum Gasteiger partial charge on any atom is -0.469 e. The standard InChI is InChI=1S/C19H17BrN2O2/c1-13-4-6-14(7-5-13)17(11-16-3-2-10-24-16)19(23)22-15-8-9-18(20)21-12-15/h2-10,12,17H,11H2,1H3,(H,22,23). The maximum atomic E-state index is 12.8. The smallest absolute Gasteiger partial charge is 0.232 e. The molecule has 0 radical (unpaired) electrons. The number of carbonyl (C=O) groups excluding carboxylic acids is 1. The molecule has 122 valence electrons. The zero-order chi connectivity index (χ0) is 16.9. The number of halogens is 1. The van der Waals surface area contributed by atoms with Crippen LogP contribution in [0.3, 0.4) is 0 Å². The summed E-state index contributed by atoms with van der Waals surface area (Å²) in [7, 11) is 0. The summed E-state index contributed by atoms with van der Waals surface area (Å²) in [6.45, 7) is 2.03. The molecule has 0 aliphatic heterocycles. The van der Waals surface area contributed by atoms with Gasteiger partial charge in [0.2, 0.25) is 5.91 Å². The van der Waals surface area contributed by atoms with Crippen LogP contribution in [-0.2, 0) is 11.2 Å². The van der Waals surface area contributed by atoms with Crippen molar-refractivity contribution in [3.05, 3.63) is 82.5 Å². The number of pyridine rings is 1. The van der Waals surface area contributed by atoms with E-state index in [4.69, 9.17) is 4.42 Å². The number of amides is 1. The second kappa shape index (κ2) is 7.45. The Labute approximate surface area is 149 Å². The number of aromatic nitrogens is 1. The monoisotopic (exact) mass is 384 g/mol. The molecule has 0 saturated heterocycles. The molecular weight excluding hydrogens is 368 g/mol. The van der Waals surface area contributed by atoms with Gasteiger partial charge in [-0.1, -0.05) is 29.8 Å². The second-order valence-corrected chi connectivity index (χ2v) is 6.42. The summed E-state index contributed by atoms with van der Waals surface area (Å²) in [5.41, 5.74) is 2.78. The number of furan rings is 1. The number of hydrogen-bond donors (Lipinski definition) is 1. The van der Waals surface area contributed by atoms with E-state index >= 15 is 0 Å². The molecule has 5 heteroatoms. The van der Waals surface area contributed by atoms with Crippen molar-refractivity contribution in [2.75, 3.05) is 5.32 Å². The third-order valence-corrected chi connectivity index (χ3v) is 4.25. The molecule has 1 aromatic carbocycles. The van der Waals surface area contributed by atoms with Gasteiger partial charge in [0.15, 0.2) is 0 Å². The summed E-state index contributed by atoms with van der Waals surface area (Å²) < 4.78 is 6.15. The highest BCUT2D eigenvalue weighted by Crippen LogP contribution is 2.24. The molecule has 24 heavy (non-hydrogen) atoms. The number of nitrogens with one attached hydrogen (secondary N) is 1. The van der Waals surface area contributed by atoms with E-state index in [0.29, 0.717) is 12.1 Å². The van der Waals surface area contributed by atoms with Crippen LogP contribution >= 0.6 is 15.9 Å². The Kier molecular flexibility index (Phi) is 5.11. The van der Waals surface area contributed by atoms with Crippen molar-refractivity contribution in [2.45, 2.75) is 19.3 Å². The Bertz CT molecular complexity index is 796. The van der Waals surface area contributed by atoms with Crippen molar-refractivity contribution in [1.29, 1.82) is 0 Å². The zero-order valence-corrected chi connectivity index (χ0v) is 14.8. The number of carbonyl (C=O) groups is 1. The SMILES string of the molecule is Cc1ccc(C(Cc2ccco2)C(=O)Nc2ccc(Br)nc2)cc1. The molecule has 1 unspecified atom stereocenters. The lowest BCUT2D eigenvalue weighted by atomic mass is 9.93. The second-order valence-electron chi connectivity index (χ2n) is 5.61. The quantitative estimate of drug-likeness (QED) is 0.647. The zero-order valence-electron chi connectivity index (χ0n) is 13.2. The van der Waals surface area contributed by atoms with Crippen LogP contribution in [0.1, 0.15) is 22.8 Å². The predicted octanol–water partition coefficient (Wildman–Crippen LogP) is 4.71. The van der Waals surface area contributed by atoms with E-state index in [1.165, 1.54) is 0 Å². The lowest BCUT2D eigenvalue weighted by Gasteiger charge is -2.16. The summed E-state index contributed by atoms with van der Waals surface area (Å²) in [5.74, 6) is 0.365. The number of rotatable bonds is 5. The van der Waals surface area contributed by atoms with Crippen molar-refractivity contribution >= 4 is 27.5 Å². The predicted molar refractivity (Wildman–Crippen MR) is 96.9 cm³/mol. The van der Waals surface area contributed by atoms with E-state index in [2.05, 4.69) is 26.2 Å². The van der Waals surface area contributed by atoms with Crippen LogP contribution in [0.5, 0.6) is 0 Å². The molecule has 3 aromatic rings. The molecule has 2 heterocycles. The van der Waals surface area contributed by atoms with Gasteiger partial charge in [0.1, 0.15) is 10.4 Å². The van der Waals surface area contributed by atoms with Crippen LogP contribution in [0.25, 0.3) is 0 Å². The van der Waals surface area contributed by atoms with Crippen LogP contribution in [0.4, 0.5) is 5.69 Å². The first-order valence-electron chi connectivity index (χ1n) is 7.63. The van der Waals surface area contributed by atoms with Gasteiger partial charge >= 0.3 is 0 Å². The fourth-order valence-corrected chi connectivity index (χ4v) is 2.70. The fourth-order valence-electron chi connectivity index (χ4n) is 2.47. The van der Waals surface area contributed by atoms with E-state index in [-0.39, 0.29) is 11.8 Å². The molecule has 0 saturated carbocycles. The molecule has 4 nitrogen and oxygen atoms in total. The topological polar surface area (TPSA) is 55.1 Å². The van der Waals surface area contributed by atoms with E-state index in [1.807, 2.05) is 49.4 Å². The molecule has 0 bridgehead atoms. The number of anilines is 1. The highest BCUT2D eigenvalue weighted by molar-refractivity contribution is 9.10. The van der Waals surface area contributed by atoms with Crippen molar-refractivity contribution in [2.24, 2.45) is 0 Å². The number of nitrogens with zero attached hydrogens (tertiary/aromatic N) is 1. The summed E-state index contributed by atoms with van der Waals surface area (Å²) in [5, 5.41) is 2.93. The Morgan fingerprint density at radius 1 is 1.21 bits per heavy atom. The summed E-state index contributed by atoms with van der Waals surface area (Å²) >= 11 is 3.29. The van der Waals surface area contributed by atoms with Gasteiger partial charge < -0.3 is 9.73 Å². The van der Waals surface area contributed by atoms with E-state index in [0.717, 1.165) is 21.5 Å². The molecule has 2 aromatic heterocycles. The Balaban J connectivity index is 1.83. The fraction of sp³-hybridized carbons (Fsp3) is 0.158. The lowest BCUT2D eigenvalue weighted by molar-refractivity contribution is -0.117. The van der Waals surface area contributed by atoms with Gasteiger partial charge in [-0.2, -0.15) is 0 Å². The Hall–Kier alpha value is -2.40. The first-order chi connectivity index (χ1) is 11.6. The average molecular weight is 385 g/mol. The van der Waals surface area contributed by atoms with Crippen molar-refractivity contribution < 1.29 is 9.21 Å². The molecule has 0 spiro atoms. The number of benzene rings is 1.